The van der Waals surface area contributed by atoms with Gasteiger partial charge in [0.05, 0.1) is 6.61 Å². The van der Waals surface area contributed by atoms with E-state index in [1.807, 2.05) is 0 Å². The highest BCUT2D eigenvalue weighted by Crippen LogP contribution is 2.54. The Bertz CT molecular complexity index is 988. The Balaban J connectivity index is 2.18. The lowest BCUT2D eigenvalue weighted by Crippen LogP contribution is -2.73. The van der Waals surface area contributed by atoms with Gasteiger partial charge in [-0.05, 0) is 22.2 Å². The largest absolute Gasteiger partial charge is 0.455 e. The number of carbonyl (C=O) groups is 1. The van der Waals surface area contributed by atoms with Crippen LogP contribution in [0, 0.1) is 0 Å². The predicted octanol–water partition coefficient (Wildman–Crippen LogP) is 3.39. The summed E-state index contributed by atoms with van der Waals surface area (Å²) >= 11 is 0. The van der Waals surface area contributed by atoms with Gasteiger partial charge in [-0.25, -0.2) is 4.79 Å². The summed E-state index contributed by atoms with van der Waals surface area (Å²) in [4.78, 5) is 38.6. The number of nitrogens with one attached hydrogen (secondary N) is 1. The molecule has 0 amide bonds. The third-order valence-corrected chi connectivity index (χ3v) is 28.3. The molecule has 4 atom stereocenters. The first-order chi connectivity index (χ1) is 15.8. The summed E-state index contributed by atoms with van der Waals surface area (Å²) in [6.45, 7) is 19.5. The zero-order valence-corrected chi connectivity index (χ0v) is 23.8. The first kappa shape index (κ1) is 27.1. The predicted molar refractivity (Wildman–Crippen MR) is 134 cm³/mol. The van der Waals surface area contributed by atoms with Crippen molar-refractivity contribution in [2.75, 3.05) is 6.61 Å². The van der Waals surface area contributed by atoms with E-state index >= 15 is 0 Å². The minimum Gasteiger partial charge on any atom is -0.455 e. The molecule has 0 unspecified atom stereocenters. The van der Waals surface area contributed by atoms with Crippen molar-refractivity contribution in [2.24, 2.45) is 0 Å². The molecule has 192 valence electrons. The summed E-state index contributed by atoms with van der Waals surface area (Å²) in [6.07, 6.45) is -1.49. The molecule has 1 aromatic heterocycles. The number of ether oxygens (including phenoxy) is 2. The summed E-state index contributed by atoms with van der Waals surface area (Å²) in [5.74, 6) is -0.483. The van der Waals surface area contributed by atoms with E-state index in [2.05, 4.69) is 60.4 Å². The van der Waals surface area contributed by atoms with Gasteiger partial charge in [0.25, 0.3) is 5.56 Å². The van der Waals surface area contributed by atoms with E-state index in [4.69, 9.17) is 18.3 Å². The smallest absolute Gasteiger partial charge is 0.330 e. The second-order valence-electron chi connectivity index (χ2n) is 10.8. The molecule has 2 aliphatic heterocycles. The van der Waals surface area contributed by atoms with Crippen LogP contribution in [0.3, 0.4) is 0 Å². The molecule has 9 nitrogen and oxygen atoms in total. The minimum atomic E-state index is -2.63. The highest BCUT2D eigenvalue weighted by molar-refractivity contribution is 7.39. The fourth-order valence-corrected chi connectivity index (χ4v) is 28.3. The zero-order valence-electron chi connectivity index (χ0n) is 21.8. The summed E-state index contributed by atoms with van der Waals surface area (Å²) in [5, 5.41) is 0. The average molecular weight is 513 g/mol. The van der Waals surface area contributed by atoms with E-state index < -0.39 is 57.4 Å². The fraction of sp³-hybridized carbons (Fsp3) is 0.783. The van der Waals surface area contributed by atoms with Crippen molar-refractivity contribution in [3.8, 4) is 0 Å². The van der Waals surface area contributed by atoms with Crippen molar-refractivity contribution in [2.45, 2.75) is 109 Å². The quantitative estimate of drug-likeness (QED) is 0.460. The second kappa shape index (κ2) is 9.84. The number of fused-ring (bicyclic) bond motifs is 1. The van der Waals surface area contributed by atoms with Gasteiger partial charge in [0.15, 0.2) is 12.3 Å². The van der Waals surface area contributed by atoms with Crippen LogP contribution in [0.2, 0.25) is 22.2 Å². The van der Waals surface area contributed by atoms with Crippen molar-refractivity contribution in [1.82, 2.24) is 9.55 Å². The molecule has 3 rings (SSSR count). The van der Waals surface area contributed by atoms with Crippen molar-refractivity contribution in [1.29, 1.82) is 0 Å². The van der Waals surface area contributed by atoms with E-state index in [0.29, 0.717) is 17.7 Å². The van der Waals surface area contributed by atoms with E-state index in [0.717, 1.165) is 0 Å². The van der Waals surface area contributed by atoms with Gasteiger partial charge in [0.1, 0.15) is 12.2 Å². The van der Waals surface area contributed by atoms with Crippen LogP contribution < -0.4 is 11.2 Å². The van der Waals surface area contributed by atoms with Gasteiger partial charge in [-0.2, -0.15) is 0 Å². The molecular weight excluding hydrogens is 472 g/mol. The van der Waals surface area contributed by atoms with Crippen molar-refractivity contribution in [3.63, 3.8) is 0 Å². The number of rotatable bonds is 6. The van der Waals surface area contributed by atoms with Gasteiger partial charge in [-0.3, -0.25) is 19.1 Å². The van der Waals surface area contributed by atoms with Crippen LogP contribution in [0.15, 0.2) is 21.9 Å². The van der Waals surface area contributed by atoms with Crippen molar-refractivity contribution < 1.29 is 23.1 Å². The first-order valence-corrected chi connectivity index (χ1v) is 17.4. The van der Waals surface area contributed by atoms with E-state index in [-0.39, 0.29) is 11.1 Å². The molecule has 1 aromatic rings. The van der Waals surface area contributed by atoms with Gasteiger partial charge >= 0.3 is 11.7 Å². The highest BCUT2D eigenvalue weighted by Gasteiger charge is 2.70. The Hall–Kier alpha value is -1.54. The van der Waals surface area contributed by atoms with Crippen molar-refractivity contribution >= 4 is 21.6 Å². The number of carbonyl (C=O) groups excluding carboxylic acids is 1. The molecule has 1 N–H and O–H groups in total. The maximum absolute atomic E-state index is 12.6. The topological polar surface area (TPSA) is 109 Å². The van der Waals surface area contributed by atoms with Crippen LogP contribution in [0.5, 0.6) is 0 Å². The number of H-pyrrole nitrogens is 1. The fourth-order valence-electron chi connectivity index (χ4n) is 6.55. The molecule has 0 spiro atoms. The van der Waals surface area contributed by atoms with Crippen LogP contribution in [-0.4, -0.2) is 56.1 Å². The van der Waals surface area contributed by atoms with Gasteiger partial charge in [0, 0.05) is 19.2 Å². The highest BCUT2D eigenvalue weighted by atomic mass is 29.3. The van der Waals surface area contributed by atoms with Gasteiger partial charge in [-0.1, -0.05) is 55.4 Å². The van der Waals surface area contributed by atoms with Gasteiger partial charge < -0.3 is 18.3 Å². The molecule has 0 aliphatic carbocycles. The van der Waals surface area contributed by atoms with E-state index in [1.54, 1.807) is 0 Å². The molecule has 2 fully saturated rings. The summed E-state index contributed by atoms with van der Waals surface area (Å²) in [5.41, 5.74) is 0.0374. The lowest BCUT2D eigenvalue weighted by molar-refractivity contribution is -0.155. The molecule has 3 heterocycles. The van der Waals surface area contributed by atoms with E-state index in [1.165, 1.54) is 23.8 Å². The third kappa shape index (κ3) is 4.19. The summed E-state index contributed by atoms with van der Waals surface area (Å²) in [7, 11) is -5.09. The average Bonchev–Trinajstić information content (AvgIpc) is 2.93. The molecule has 34 heavy (non-hydrogen) atoms. The SMILES string of the molecule is CC(=O)O[C@@H]1[C@@H]2O[Si](C(C)C)(C(C)C)[Si](C(C)C)(C(C)C)OC[C@H]2O[C@H]1n1ccc(=O)[nH]c1=O. The van der Waals surface area contributed by atoms with Crippen LogP contribution in [0.1, 0.15) is 68.5 Å². The van der Waals surface area contributed by atoms with Gasteiger partial charge in [-0.15, -0.1) is 0 Å². The van der Waals surface area contributed by atoms with Crippen molar-refractivity contribution in [3.05, 3.63) is 33.1 Å². The molecule has 2 aliphatic rings. The Morgan fingerprint density at radius 3 is 2.06 bits per heavy atom. The third-order valence-electron chi connectivity index (χ3n) is 7.57. The Labute approximate surface area is 203 Å². The van der Waals surface area contributed by atoms with Crippen LogP contribution in [-0.2, 0) is 23.1 Å². The number of hydrogen-bond acceptors (Lipinski definition) is 7. The number of aromatic nitrogens is 2. The Morgan fingerprint density at radius 2 is 1.59 bits per heavy atom. The maximum atomic E-state index is 12.6. The zero-order chi connectivity index (χ0) is 25.6. The molecule has 0 aromatic carbocycles. The normalized spacial score (nSPS) is 28.4. The molecule has 0 radical (unpaired) electrons. The summed E-state index contributed by atoms with van der Waals surface area (Å²) < 4.78 is 27.7. The van der Waals surface area contributed by atoms with Crippen LogP contribution in [0.25, 0.3) is 0 Å². The van der Waals surface area contributed by atoms with Crippen LogP contribution in [0.4, 0.5) is 0 Å². The summed E-state index contributed by atoms with van der Waals surface area (Å²) in [6, 6.07) is 1.25. The van der Waals surface area contributed by atoms with E-state index in [9.17, 15) is 14.4 Å². The Morgan fingerprint density at radius 1 is 1.03 bits per heavy atom. The lowest BCUT2D eigenvalue weighted by atomic mass is 10.1. The monoisotopic (exact) mass is 512 g/mol. The maximum Gasteiger partial charge on any atom is 0.330 e. The number of hydrogen-bond donors (Lipinski definition) is 1. The number of nitrogens with zero attached hydrogens (tertiary/aromatic N) is 1. The molecule has 11 heteroatoms. The standard InChI is InChI=1S/C23H40N2O7Si2/c1-13(2)33(14(3)4)29-12-18-20(32-34(33,15(5)6)16(7)8)21(30-17(9)26)22(31-18)25-11-10-19(27)24-23(25)28/h10-11,13-16,18,20-22H,12H2,1-9H3,(H,24,27,28)/t18-,20-,21-,22-/m1/s1. The second-order valence-corrected chi connectivity index (χ2v) is 23.8. The first-order valence-electron chi connectivity index (χ1n) is 12.2. The molecule has 0 saturated carbocycles. The number of esters is 1. The molecular formula is C23H40N2O7Si2. The molecule has 0 bridgehead atoms. The minimum absolute atomic E-state index is 0.260. The number of aromatic amines is 1. The Kier molecular flexibility index (Phi) is 7.83. The molecule has 2 saturated heterocycles. The van der Waals surface area contributed by atoms with Crippen LogP contribution >= 0.6 is 0 Å². The van der Waals surface area contributed by atoms with Gasteiger partial charge in [0.2, 0.25) is 15.7 Å². The lowest BCUT2D eigenvalue weighted by Gasteiger charge is -2.54.